The number of aliphatic imine (C=N–C) groups is 1. The summed E-state index contributed by atoms with van der Waals surface area (Å²) in [6.45, 7) is 1.95. The summed E-state index contributed by atoms with van der Waals surface area (Å²) in [6.07, 6.45) is 1.36. The van der Waals surface area contributed by atoms with Crippen molar-refractivity contribution in [3.05, 3.63) is 64.7 Å². The molecule has 0 saturated carbocycles. The van der Waals surface area contributed by atoms with Gasteiger partial charge in [-0.15, -0.1) is 0 Å². The molecule has 0 saturated heterocycles. The monoisotopic (exact) mass is 374 g/mol. The first-order valence-corrected chi connectivity index (χ1v) is 9.19. The number of likely N-dealkylation sites (N-methyl/N-ethyl adjacent to an activating group) is 1. The second kappa shape index (κ2) is 6.10. The van der Waals surface area contributed by atoms with Gasteiger partial charge in [-0.1, -0.05) is 18.2 Å². The molecule has 2 aliphatic rings. The number of methoxy groups -OCH3 is 1. The maximum Gasteiger partial charge on any atom is 0.242 e. The Labute approximate surface area is 164 Å². The van der Waals surface area contributed by atoms with E-state index in [0.717, 1.165) is 28.9 Å². The number of nitrogens with zero attached hydrogens (tertiary/aromatic N) is 3. The number of nitriles is 1. The molecule has 2 atom stereocenters. The number of aryl methyl sites for hydroxylation is 1. The highest BCUT2D eigenvalue weighted by Crippen LogP contribution is 2.55. The number of rotatable bonds is 2. The molecule has 1 aliphatic heterocycles. The summed E-state index contributed by atoms with van der Waals surface area (Å²) in [7, 11) is 3.30. The van der Waals surface area contributed by atoms with Gasteiger partial charge in [-0.25, -0.2) is 4.99 Å². The highest BCUT2D eigenvalue weighted by molar-refractivity contribution is 6.05. The fourth-order valence-electron chi connectivity index (χ4n) is 4.71. The van der Waals surface area contributed by atoms with Crippen LogP contribution in [0.5, 0.6) is 5.75 Å². The summed E-state index contributed by atoms with van der Waals surface area (Å²) < 4.78 is 5.37. The van der Waals surface area contributed by atoms with Crippen LogP contribution < -0.4 is 10.5 Å². The molecule has 1 aliphatic carbocycles. The Hall–Kier alpha value is -3.33. The minimum absolute atomic E-state index is 0.0752. The Kier molecular flexibility index (Phi) is 3.93. The second-order valence-electron chi connectivity index (χ2n) is 7.53. The third-order valence-electron chi connectivity index (χ3n) is 6.28. The predicted octanol–water partition coefficient (Wildman–Crippen LogP) is 2.45. The van der Waals surface area contributed by atoms with Gasteiger partial charge in [-0.2, -0.15) is 5.26 Å². The Morgan fingerprint density at radius 2 is 2.07 bits per heavy atom. The SMILES string of the molecule is COc1ccc2c(c1)CC[C@]21C(=O)N(C)C(N)=N[C@]1(C)c1cccc(C#N)c1. The minimum atomic E-state index is -0.923. The third-order valence-corrected chi connectivity index (χ3v) is 6.28. The zero-order chi connectivity index (χ0) is 20.1. The van der Waals surface area contributed by atoms with Crippen LogP contribution in [0.4, 0.5) is 0 Å². The zero-order valence-corrected chi connectivity index (χ0v) is 16.2. The molecule has 1 spiro atoms. The largest absolute Gasteiger partial charge is 0.497 e. The van der Waals surface area contributed by atoms with E-state index in [1.54, 1.807) is 26.3 Å². The van der Waals surface area contributed by atoms with E-state index >= 15 is 0 Å². The molecule has 0 aromatic heterocycles. The van der Waals surface area contributed by atoms with Crippen LogP contribution in [0.25, 0.3) is 0 Å². The van der Waals surface area contributed by atoms with Gasteiger partial charge in [-0.3, -0.25) is 9.69 Å². The number of hydrogen-bond acceptors (Lipinski definition) is 5. The first-order valence-electron chi connectivity index (χ1n) is 9.19. The number of carbonyl (C=O) groups excluding carboxylic acids is 1. The molecular weight excluding hydrogens is 352 g/mol. The summed E-state index contributed by atoms with van der Waals surface area (Å²) in [5, 5.41) is 9.36. The second-order valence-corrected chi connectivity index (χ2v) is 7.53. The standard InChI is InChI=1S/C22H22N4O2/c1-21(16-6-4-5-14(11-16)13-23)22(19(27)26(2)20(24)25-21)10-9-15-12-17(28-3)7-8-18(15)22/h4-8,11-12H,9-10H2,1-3H3,(H2,24,25)/t21-,22-/m1/s1. The molecule has 2 N–H and O–H groups in total. The van der Waals surface area contributed by atoms with Gasteiger partial charge < -0.3 is 10.5 Å². The van der Waals surface area contributed by atoms with Crippen molar-refractivity contribution in [2.24, 2.45) is 10.7 Å². The van der Waals surface area contributed by atoms with E-state index in [9.17, 15) is 10.1 Å². The van der Waals surface area contributed by atoms with E-state index in [4.69, 9.17) is 15.5 Å². The van der Waals surface area contributed by atoms with Crippen molar-refractivity contribution in [3.8, 4) is 11.8 Å². The summed E-state index contributed by atoms with van der Waals surface area (Å²) >= 11 is 0. The molecule has 0 unspecified atom stereocenters. The maximum absolute atomic E-state index is 13.7. The molecule has 1 heterocycles. The van der Waals surface area contributed by atoms with E-state index in [2.05, 4.69) is 6.07 Å². The van der Waals surface area contributed by atoms with Gasteiger partial charge in [0.05, 0.1) is 18.7 Å². The fourth-order valence-corrected chi connectivity index (χ4v) is 4.71. The third kappa shape index (κ3) is 2.19. The average molecular weight is 374 g/mol. The highest BCUT2D eigenvalue weighted by atomic mass is 16.5. The number of fused-ring (bicyclic) bond motifs is 2. The normalized spacial score (nSPS) is 26.0. The van der Waals surface area contributed by atoms with Crippen LogP contribution in [0.15, 0.2) is 47.5 Å². The van der Waals surface area contributed by atoms with Crippen LogP contribution in [0.3, 0.4) is 0 Å². The van der Waals surface area contributed by atoms with E-state index in [0.29, 0.717) is 12.0 Å². The van der Waals surface area contributed by atoms with Crippen LogP contribution in [-0.2, 0) is 22.2 Å². The van der Waals surface area contributed by atoms with Crippen LogP contribution in [-0.4, -0.2) is 30.9 Å². The number of guanidine groups is 1. The molecule has 142 valence electrons. The Balaban J connectivity index is 2.02. The molecule has 4 rings (SSSR count). The Morgan fingerprint density at radius 3 is 2.79 bits per heavy atom. The lowest BCUT2D eigenvalue weighted by atomic mass is 9.62. The Morgan fingerprint density at radius 1 is 1.29 bits per heavy atom. The molecule has 2 aromatic rings. The van der Waals surface area contributed by atoms with Crippen molar-refractivity contribution in [3.63, 3.8) is 0 Å². The number of amides is 1. The van der Waals surface area contributed by atoms with Gasteiger partial charge >= 0.3 is 0 Å². The number of carbonyl (C=O) groups is 1. The topological polar surface area (TPSA) is 91.7 Å². The van der Waals surface area contributed by atoms with Crippen LogP contribution in [0.1, 0.15) is 35.6 Å². The number of nitrogens with two attached hydrogens (primary N) is 1. The van der Waals surface area contributed by atoms with E-state index in [1.165, 1.54) is 4.90 Å². The molecule has 28 heavy (non-hydrogen) atoms. The lowest BCUT2D eigenvalue weighted by Crippen LogP contribution is -2.62. The molecule has 2 aromatic carbocycles. The van der Waals surface area contributed by atoms with Crippen LogP contribution >= 0.6 is 0 Å². The molecular formula is C22H22N4O2. The number of ether oxygens (including phenoxy) is 1. The van der Waals surface area contributed by atoms with Crippen molar-refractivity contribution in [1.29, 1.82) is 5.26 Å². The molecule has 6 heteroatoms. The molecule has 6 nitrogen and oxygen atoms in total. The van der Waals surface area contributed by atoms with Crippen molar-refractivity contribution >= 4 is 11.9 Å². The van der Waals surface area contributed by atoms with Gasteiger partial charge in [0.25, 0.3) is 0 Å². The molecule has 0 radical (unpaired) electrons. The van der Waals surface area contributed by atoms with E-state index < -0.39 is 11.0 Å². The van der Waals surface area contributed by atoms with Crippen molar-refractivity contribution in [1.82, 2.24) is 4.90 Å². The van der Waals surface area contributed by atoms with Crippen molar-refractivity contribution in [2.75, 3.05) is 14.2 Å². The van der Waals surface area contributed by atoms with Crippen LogP contribution in [0.2, 0.25) is 0 Å². The predicted molar refractivity (Wildman–Crippen MR) is 106 cm³/mol. The lowest BCUT2D eigenvalue weighted by molar-refractivity contribution is -0.136. The van der Waals surface area contributed by atoms with Crippen LogP contribution in [0, 0.1) is 11.3 Å². The quantitative estimate of drug-likeness (QED) is 0.874. The maximum atomic E-state index is 13.7. The van der Waals surface area contributed by atoms with Gasteiger partial charge in [-0.05, 0) is 60.7 Å². The smallest absolute Gasteiger partial charge is 0.242 e. The first kappa shape index (κ1) is 18.1. The lowest BCUT2D eigenvalue weighted by Gasteiger charge is -2.48. The number of hydrogen-bond donors (Lipinski definition) is 1. The van der Waals surface area contributed by atoms with E-state index in [1.807, 2.05) is 37.3 Å². The summed E-state index contributed by atoms with van der Waals surface area (Å²) in [5.41, 5.74) is 7.69. The van der Waals surface area contributed by atoms with Gasteiger partial charge in [0.15, 0.2) is 5.96 Å². The summed E-state index contributed by atoms with van der Waals surface area (Å²) in [4.78, 5) is 20.0. The fraction of sp³-hybridized carbons (Fsp3) is 0.318. The highest BCUT2D eigenvalue weighted by Gasteiger charge is 2.62. The van der Waals surface area contributed by atoms with Gasteiger partial charge in [0, 0.05) is 7.05 Å². The average Bonchev–Trinajstić information content (AvgIpc) is 3.11. The zero-order valence-electron chi connectivity index (χ0n) is 16.2. The van der Waals surface area contributed by atoms with Crippen molar-refractivity contribution in [2.45, 2.75) is 30.7 Å². The number of benzene rings is 2. The van der Waals surface area contributed by atoms with Gasteiger partial charge in [0.1, 0.15) is 16.7 Å². The summed E-state index contributed by atoms with van der Waals surface area (Å²) in [6, 6.07) is 15.3. The van der Waals surface area contributed by atoms with Gasteiger partial charge in [0.2, 0.25) is 5.91 Å². The molecule has 0 fully saturated rings. The van der Waals surface area contributed by atoms with Crippen molar-refractivity contribution < 1.29 is 9.53 Å². The molecule has 1 amide bonds. The summed E-state index contributed by atoms with van der Waals surface area (Å²) in [5.74, 6) is 0.875. The Bertz CT molecular complexity index is 1050. The first-order chi connectivity index (χ1) is 13.4. The minimum Gasteiger partial charge on any atom is -0.497 e. The van der Waals surface area contributed by atoms with E-state index in [-0.39, 0.29) is 11.9 Å². The molecule has 0 bridgehead atoms.